The maximum absolute atomic E-state index is 12.9. The van der Waals surface area contributed by atoms with E-state index in [4.69, 9.17) is 10.6 Å². The van der Waals surface area contributed by atoms with E-state index in [1.807, 2.05) is 24.3 Å². The summed E-state index contributed by atoms with van der Waals surface area (Å²) >= 11 is 1.19. The first-order valence-corrected chi connectivity index (χ1v) is 12.3. The molecule has 1 aromatic heterocycles. The minimum absolute atomic E-state index is 0.0311. The van der Waals surface area contributed by atoms with Crippen molar-refractivity contribution < 1.29 is 14.5 Å². The van der Waals surface area contributed by atoms with Crippen molar-refractivity contribution in [2.24, 2.45) is 0 Å². The van der Waals surface area contributed by atoms with Crippen molar-refractivity contribution in [3.8, 4) is 5.75 Å². The fourth-order valence-electron chi connectivity index (χ4n) is 3.86. The number of fused-ring (bicyclic) bond motifs is 1. The number of non-ortho nitro benzene ring substituents is 1. The number of hydrogen-bond acceptors (Lipinski definition) is 8. The summed E-state index contributed by atoms with van der Waals surface area (Å²) in [6.45, 7) is 7.16. The molecule has 0 radical (unpaired) electrons. The highest BCUT2D eigenvalue weighted by atomic mass is 32.2. The number of amides is 1. The number of carbonyl (C=O) groups is 1. The van der Waals surface area contributed by atoms with Crippen LogP contribution in [-0.2, 0) is 23.2 Å². The van der Waals surface area contributed by atoms with Crippen LogP contribution < -0.4 is 15.5 Å². The SMILES string of the molecule is CC(C)(C)c1ccc(OCc2nnc(SCC(=O)N3CCCc4cc([N+](=O)[O-])ccc43)n2N)cc1. The van der Waals surface area contributed by atoms with Crippen LogP contribution in [-0.4, -0.2) is 38.0 Å². The van der Waals surface area contributed by atoms with Crippen molar-refractivity contribution >= 4 is 29.0 Å². The Labute approximate surface area is 207 Å². The van der Waals surface area contributed by atoms with Gasteiger partial charge in [-0.2, -0.15) is 0 Å². The molecule has 1 aliphatic heterocycles. The molecular weight excluding hydrogens is 468 g/mol. The summed E-state index contributed by atoms with van der Waals surface area (Å²) in [6, 6.07) is 12.5. The van der Waals surface area contributed by atoms with Crippen LogP contribution in [0, 0.1) is 10.1 Å². The van der Waals surface area contributed by atoms with E-state index in [9.17, 15) is 14.9 Å². The number of nitro groups is 1. The Morgan fingerprint density at radius 2 is 1.94 bits per heavy atom. The van der Waals surface area contributed by atoms with E-state index in [2.05, 4.69) is 31.0 Å². The second-order valence-corrected chi connectivity index (χ2v) is 10.3. The monoisotopic (exact) mass is 496 g/mol. The lowest BCUT2D eigenvalue weighted by atomic mass is 9.87. The normalized spacial score (nSPS) is 13.4. The van der Waals surface area contributed by atoms with Crippen LogP contribution in [0.2, 0.25) is 0 Å². The molecule has 3 aromatic rings. The summed E-state index contributed by atoms with van der Waals surface area (Å²) in [5.41, 5.74) is 2.83. The minimum Gasteiger partial charge on any atom is -0.486 e. The highest BCUT2D eigenvalue weighted by Gasteiger charge is 2.25. The van der Waals surface area contributed by atoms with E-state index in [0.29, 0.717) is 35.4 Å². The van der Waals surface area contributed by atoms with Crippen LogP contribution in [0.15, 0.2) is 47.6 Å². The van der Waals surface area contributed by atoms with E-state index in [0.717, 1.165) is 12.0 Å². The largest absolute Gasteiger partial charge is 0.486 e. The summed E-state index contributed by atoms with van der Waals surface area (Å²) in [7, 11) is 0. The maximum Gasteiger partial charge on any atom is 0.269 e. The molecule has 10 nitrogen and oxygen atoms in total. The summed E-state index contributed by atoms with van der Waals surface area (Å²) in [6.07, 6.45) is 1.45. The molecule has 35 heavy (non-hydrogen) atoms. The van der Waals surface area contributed by atoms with Crippen LogP contribution in [0.25, 0.3) is 0 Å². The zero-order chi connectivity index (χ0) is 25.2. The second kappa shape index (κ2) is 9.95. The summed E-state index contributed by atoms with van der Waals surface area (Å²) in [4.78, 5) is 25.2. The van der Waals surface area contributed by atoms with Gasteiger partial charge in [-0.1, -0.05) is 44.7 Å². The average molecular weight is 497 g/mol. The number of benzene rings is 2. The lowest BCUT2D eigenvalue weighted by molar-refractivity contribution is -0.384. The Balaban J connectivity index is 1.35. The molecule has 11 heteroatoms. The van der Waals surface area contributed by atoms with Crippen LogP contribution >= 0.6 is 11.8 Å². The average Bonchev–Trinajstić information content (AvgIpc) is 3.19. The lowest BCUT2D eigenvalue weighted by Gasteiger charge is -2.29. The number of rotatable bonds is 7. The molecule has 0 fully saturated rings. The van der Waals surface area contributed by atoms with Crippen LogP contribution in [0.5, 0.6) is 5.75 Å². The molecule has 0 saturated heterocycles. The second-order valence-electron chi connectivity index (χ2n) is 9.34. The summed E-state index contributed by atoms with van der Waals surface area (Å²) in [5, 5.41) is 19.6. The molecule has 184 valence electrons. The molecule has 0 spiro atoms. The third-order valence-electron chi connectivity index (χ3n) is 5.84. The van der Waals surface area contributed by atoms with Gasteiger partial charge in [0.1, 0.15) is 12.4 Å². The van der Waals surface area contributed by atoms with Crippen molar-refractivity contribution in [1.29, 1.82) is 0 Å². The van der Waals surface area contributed by atoms with Gasteiger partial charge in [0.2, 0.25) is 11.1 Å². The van der Waals surface area contributed by atoms with Gasteiger partial charge in [0.15, 0.2) is 5.82 Å². The number of thioether (sulfide) groups is 1. The number of hydrogen-bond donors (Lipinski definition) is 1. The fourth-order valence-corrected chi connectivity index (χ4v) is 4.61. The molecule has 0 aliphatic carbocycles. The zero-order valence-corrected chi connectivity index (χ0v) is 20.7. The van der Waals surface area contributed by atoms with Gasteiger partial charge >= 0.3 is 0 Å². The number of carbonyl (C=O) groups excluding carboxylic acids is 1. The molecule has 2 N–H and O–H groups in total. The van der Waals surface area contributed by atoms with Gasteiger partial charge in [-0.3, -0.25) is 14.9 Å². The molecule has 1 amide bonds. The zero-order valence-electron chi connectivity index (χ0n) is 19.9. The van der Waals surface area contributed by atoms with Gasteiger partial charge in [0.05, 0.1) is 10.7 Å². The van der Waals surface area contributed by atoms with E-state index < -0.39 is 4.92 Å². The molecule has 1 aliphatic rings. The van der Waals surface area contributed by atoms with Gasteiger partial charge in [-0.25, -0.2) is 4.68 Å². The number of nitrogens with zero attached hydrogens (tertiary/aromatic N) is 5. The number of aromatic nitrogens is 3. The van der Waals surface area contributed by atoms with E-state index >= 15 is 0 Å². The molecule has 0 bridgehead atoms. The number of nitrogen functional groups attached to an aromatic ring is 1. The number of anilines is 1. The van der Waals surface area contributed by atoms with Gasteiger partial charge in [-0.05, 0) is 47.6 Å². The smallest absolute Gasteiger partial charge is 0.269 e. The molecule has 0 saturated carbocycles. The molecular formula is C24H28N6O4S. The Hall–Kier alpha value is -3.60. The minimum atomic E-state index is -0.423. The van der Waals surface area contributed by atoms with Crippen LogP contribution in [0.3, 0.4) is 0 Å². The first-order valence-electron chi connectivity index (χ1n) is 11.3. The van der Waals surface area contributed by atoms with Crippen molar-refractivity contribution in [2.75, 3.05) is 23.0 Å². The van der Waals surface area contributed by atoms with E-state index in [1.165, 1.54) is 28.1 Å². The van der Waals surface area contributed by atoms with E-state index in [1.54, 1.807) is 17.0 Å². The van der Waals surface area contributed by atoms with Gasteiger partial charge in [0, 0.05) is 24.4 Å². The molecule has 2 aromatic carbocycles. The third kappa shape index (κ3) is 5.56. The number of ether oxygens (including phenoxy) is 1. The quantitative estimate of drug-likeness (QED) is 0.226. The Kier molecular flexibility index (Phi) is 6.97. The summed E-state index contributed by atoms with van der Waals surface area (Å²) < 4.78 is 7.13. The Morgan fingerprint density at radius 3 is 2.63 bits per heavy atom. The lowest BCUT2D eigenvalue weighted by Crippen LogP contribution is -2.36. The third-order valence-corrected chi connectivity index (χ3v) is 6.77. The van der Waals surface area contributed by atoms with Crippen LogP contribution in [0.1, 0.15) is 44.1 Å². The standard InChI is InChI=1S/C24H28N6O4S/c1-24(2,3)17-6-9-19(10-7-17)34-14-21-26-27-23(29(21)25)35-15-22(31)28-12-4-5-16-13-18(30(32)33)8-11-20(16)28/h6-11,13H,4-5,12,14-15,25H2,1-3H3. The summed E-state index contributed by atoms with van der Waals surface area (Å²) in [5.74, 6) is 7.27. The predicted octanol–water partition coefficient (Wildman–Crippen LogP) is 3.85. The molecule has 2 heterocycles. The van der Waals surface area contributed by atoms with Crippen LogP contribution in [0.4, 0.5) is 11.4 Å². The van der Waals surface area contributed by atoms with Gasteiger partial charge < -0.3 is 15.5 Å². The van der Waals surface area contributed by atoms with E-state index in [-0.39, 0.29) is 29.4 Å². The fraction of sp³-hybridized carbons (Fsp3) is 0.375. The number of nitro benzene ring substituents is 1. The molecule has 0 unspecified atom stereocenters. The Bertz CT molecular complexity index is 1240. The van der Waals surface area contributed by atoms with Crippen molar-refractivity contribution in [3.63, 3.8) is 0 Å². The first-order chi connectivity index (χ1) is 16.6. The van der Waals surface area contributed by atoms with Crippen molar-refractivity contribution in [1.82, 2.24) is 14.9 Å². The van der Waals surface area contributed by atoms with Gasteiger partial charge in [0.25, 0.3) is 5.69 Å². The predicted molar refractivity (Wildman–Crippen MR) is 134 cm³/mol. The molecule has 4 rings (SSSR count). The highest BCUT2D eigenvalue weighted by molar-refractivity contribution is 7.99. The first kappa shape index (κ1) is 24.5. The van der Waals surface area contributed by atoms with Crippen molar-refractivity contribution in [3.05, 3.63) is 69.5 Å². The highest BCUT2D eigenvalue weighted by Crippen LogP contribution is 2.31. The Morgan fingerprint density at radius 1 is 1.20 bits per heavy atom. The van der Waals surface area contributed by atoms with Gasteiger partial charge in [-0.15, -0.1) is 10.2 Å². The number of nitrogens with two attached hydrogens (primary N) is 1. The molecule has 0 atom stereocenters. The van der Waals surface area contributed by atoms with Crippen molar-refractivity contribution in [2.45, 2.75) is 50.8 Å². The topological polar surface area (TPSA) is 129 Å². The maximum atomic E-state index is 12.9. The number of aryl methyl sites for hydroxylation is 1.